The number of carbonyl (C=O) groups excluding carboxylic acids is 1. The highest BCUT2D eigenvalue weighted by Gasteiger charge is 2.16. The Morgan fingerprint density at radius 3 is 2.54 bits per heavy atom. The van der Waals surface area contributed by atoms with Gasteiger partial charge in [-0.1, -0.05) is 30.7 Å². The Morgan fingerprint density at radius 1 is 1.21 bits per heavy atom. The largest absolute Gasteiger partial charge is 0.357 e. The van der Waals surface area contributed by atoms with Gasteiger partial charge in [0.25, 0.3) is 0 Å². The molecule has 1 fully saturated rings. The van der Waals surface area contributed by atoms with E-state index in [1.54, 1.807) is 18.3 Å². The van der Waals surface area contributed by atoms with Gasteiger partial charge in [0.05, 0.1) is 18.3 Å². The van der Waals surface area contributed by atoms with Crippen molar-refractivity contribution in [2.24, 2.45) is 5.92 Å². The van der Waals surface area contributed by atoms with Crippen LogP contribution in [0.15, 0.2) is 42.6 Å². The third-order valence-electron chi connectivity index (χ3n) is 4.42. The lowest BCUT2D eigenvalue weighted by atomic mass is 9.99. The molecular formula is C19H22ClN3O. The molecular weight excluding hydrogens is 322 g/mol. The summed E-state index contributed by atoms with van der Waals surface area (Å²) in [5.41, 5.74) is 1.66. The lowest BCUT2D eigenvalue weighted by Crippen LogP contribution is -2.33. The second-order valence-electron chi connectivity index (χ2n) is 6.43. The van der Waals surface area contributed by atoms with Crippen LogP contribution in [0.25, 0.3) is 0 Å². The maximum atomic E-state index is 12.1. The molecule has 1 aliphatic rings. The van der Waals surface area contributed by atoms with Gasteiger partial charge in [-0.15, -0.1) is 0 Å². The first kappa shape index (κ1) is 16.8. The molecule has 1 amide bonds. The van der Waals surface area contributed by atoms with E-state index in [1.165, 1.54) is 12.8 Å². The lowest BCUT2D eigenvalue weighted by molar-refractivity contribution is -0.115. The molecule has 0 bridgehead atoms. The van der Waals surface area contributed by atoms with Crippen LogP contribution in [0, 0.1) is 5.92 Å². The molecule has 24 heavy (non-hydrogen) atoms. The summed E-state index contributed by atoms with van der Waals surface area (Å²) < 4.78 is 0. The van der Waals surface area contributed by atoms with Crippen LogP contribution in [0.2, 0.25) is 5.02 Å². The number of rotatable bonds is 4. The first-order valence-electron chi connectivity index (χ1n) is 8.35. The van der Waals surface area contributed by atoms with Crippen LogP contribution in [0.3, 0.4) is 0 Å². The quantitative estimate of drug-likeness (QED) is 0.906. The smallest absolute Gasteiger partial charge is 0.228 e. The van der Waals surface area contributed by atoms with Crippen molar-refractivity contribution in [2.45, 2.75) is 26.2 Å². The fourth-order valence-corrected chi connectivity index (χ4v) is 3.00. The van der Waals surface area contributed by atoms with Crippen LogP contribution >= 0.6 is 11.6 Å². The van der Waals surface area contributed by atoms with Crippen LogP contribution in [-0.2, 0) is 11.2 Å². The zero-order chi connectivity index (χ0) is 16.9. The Kier molecular flexibility index (Phi) is 5.36. The van der Waals surface area contributed by atoms with E-state index < -0.39 is 0 Å². The van der Waals surface area contributed by atoms with Crippen molar-refractivity contribution >= 4 is 29.0 Å². The minimum Gasteiger partial charge on any atom is -0.357 e. The van der Waals surface area contributed by atoms with E-state index in [9.17, 15) is 4.79 Å². The molecule has 0 atom stereocenters. The number of benzene rings is 1. The van der Waals surface area contributed by atoms with Crippen molar-refractivity contribution in [3.8, 4) is 0 Å². The Balaban J connectivity index is 1.55. The van der Waals surface area contributed by atoms with E-state index in [0.717, 1.165) is 36.1 Å². The Hall–Kier alpha value is -2.07. The van der Waals surface area contributed by atoms with E-state index in [0.29, 0.717) is 11.4 Å². The van der Waals surface area contributed by atoms with Gasteiger partial charge in [0, 0.05) is 18.1 Å². The number of halogens is 1. The second kappa shape index (κ2) is 7.67. The SMILES string of the molecule is CC1CCN(c2ccc(NC(=O)Cc3ccc(Cl)cc3)cn2)CC1. The van der Waals surface area contributed by atoms with Crippen LogP contribution < -0.4 is 10.2 Å². The van der Waals surface area contributed by atoms with Crippen LogP contribution in [0.4, 0.5) is 11.5 Å². The van der Waals surface area contributed by atoms with E-state index in [4.69, 9.17) is 11.6 Å². The fraction of sp³-hybridized carbons (Fsp3) is 0.368. The van der Waals surface area contributed by atoms with Gasteiger partial charge in [-0.2, -0.15) is 0 Å². The molecule has 2 aromatic rings. The highest BCUT2D eigenvalue weighted by atomic mass is 35.5. The molecule has 0 saturated carbocycles. The monoisotopic (exact) mass is 343 g/mol. The highest BCUT2D eigenvalue weighted by molar-refractivity contribution is 6.30. The summed E-state index contributed by atoms with van der Waals surface area (Å²) >= 11 is 5.85. The molecule has 126 valence electrons. The summed E-state index contributed by atoms with van der Waals surface area (Å²) in [7, 11) is 0. The molecule has 1 N–H and O–H groups in total. The number of nitrogens with one attached hydrogen (secondary N) is 1. The molecule has 0 aliphatic carbocycles. The van der Waals surface area contributed by atoms with Gasteiger partial charge < -0.3 is 10.2 Å². The van der Waals surface area contributed by atoms with Crippen LogP contribution in [0.5, 0.6) is 0 Å². The van der Waals surface area contributed by atoms with Gasteiger partial charge in [0.15, 0.2) is 0 Å². The van der Waals surface area contributed by atoms with Crippen LogP contribution in [0.1, 0.15) is 25.3 Å². The summed E-state index contributed by atoms with van der Waals surface area (Å²) in [4.78, 5) is 18.9. The number of nitrogens with zero attached hydrogens (tertiary/aromatic N) is 2. The summed E-state index contributed by atoms with van der Waals surface area (Å²) in [5, 5.41) is 3.56. The summed E-state index contributed by atoms with van der Waals surface area (Å²) in [6.45, 7) is 4.40. The third kappa shape index (κ3) is 4.48. The molecule has 4 nitrogen and oxygen atoms in total. The Morgan fingerprint density at radius 2 is 1.92 bits per heavy atom. The Bertz CT molecular complexity index is 677. The Labute approximate surface area is 147 Å². The topological polar surface area (TPSA) is 45.2 Å². The standard InChI is InChI=1S/C19H22ClN3O/c1-14-8-10-23(11-9-14)18-7-6-17(13-21-18)22-19(24)12-15-2-4-16(20)5-3-15/h2-7,13-14H,8-12H2,1H3,(H,22,24). The summed E-state index contributed by atoms with van der Waals surface area (Å²) in [6, 6.07) is 11.2. The number of hydrogen-bond donors (Lipinski definition) is 1. The molecule has 1 aromatic heterocycles. The van der Waals surface area contributed by atoms with Gasteiger partial charge in [-0.05, 0) is 48.6 Å². The van der Waals surface area contributed by atoms with Crippen molar-refractivity contribution < 1.29 is 4.79 Å². The molecule has 0 radical (unpaired) electrons. The number of piperidine rings is 1. The first-order valence-corrected chi connectivity index (χ1v) is 8.73. The number of carbonyl (C=O) groups is 1. The molecule has 3 rings (SSSR count). The number of anilines is 2. The van der Waals surface area contributed by atoms with Gasteiger partial charge in [-0.25, -0.2) is 4.98 Å². The van der Waals surface area contributed by atoms with Crippen molar-refractivity contribution in [3.63, 3.8) is 0 Å². The molecule has 1 saturated heterocycles. The van der Waals surface area contributed by atoms with Gasteiger partial charge in [0.1, 0.15) is 5.82 Å². The molecule has 0 spiro atoms. The zero-order valence-electron chi connectivity index (χ0n) is 13.8. The minimum atomic E-state index is -0.0568. The summed E-state index contributed by atoms with van der Waals surface area (Å²) in [5.74, 6) is 1.73. The number of aromatic nitrogens is 1. The van der Waals surface area contributed by atoms with Crippen molar-refractivity contribution in [2.75, 3.05) is 23.3 Å². The predicted octanol–water partition coefficient (Wildman–Crippen LogP) is 4.15. The van der Waals surface area contributed by atoms with Gasteiger partial charge in [0.2, 0.25) is 5.91 Å². The predicted molar refractivity (Wildman–Crippen MR) is 98.6 cm³/mol. The van der Waals surface area contributed by atoms with E-state index >= 15 is 0 Å². The fourth-order valence-electron chi connectivity index (χ4n) is 2.88. The maximum absolute atomic E-state index is 12.1. The van der Waals surface area contributed by atoms with E-state index in [2.05, 4.69) is 22.1 Å². The zero-order valence-corrected chi connectivity index (χ0v) is 14.6. The molecule has 1 aromatic carbocycles. The number of pyridine rings is 1. The third-order valence-corrected chi connectivity index (χ3v) is 4.67. The number of amides is 1. The van der Waals surface area contributed by atoms with Crippen LogP contribution in [-0.4, -0.2) is 24.0 Å². The summed E-state index contributed by atoms with van der Waals surface area (Å²) in [6.07, 6.45) is 4.47. The maximum Gasteiger partial charge on any atom is 0.228 e. The normalized spacial score (nSPS) is 15.3. The van der Waals surface area contributed by atoms with Crippen molar-refractivity contribution in [3.05, 3.63) is 53.2 Å². The van der Waals surface area contributed by atoms with Crippen molar-refractivity contribution in [1.82, 2.24) is 4.98 Å². The average Bonchev–Trinajstić information content (AvgIpc) is 2.58. The molecule has 2 heterocycles. The molecule has 1 aliphatic heterocycles. The minimum absolute atomic E-state index is 0.0568. The second-order valence-corrected chi connectivity index (χ2v) is 6.86. The highest BCUT2D eigenvalue weighted by Crippen LogP contribution is 2.22. The van der Waals surface area contributed by atoms with E-state index in [1.807, 2.05) is 24.3 Å². The lowest BCUT2D eigenvalue weighted by Gasteiger charge is -2.31. The van der Waals surface area contributed by atoms with Gasteiger partial charge in [-0.3, -0.25) is 4.79 Å². The number of hydrogen-bond acceptors (Lipinski definition) is 3. The molecule has 0 unspecified atom stereocenters. The molecule has 5 heteroatoms. The van der Waals surface area contributed by atoms with Crippen molar-refractivity contribution in [1.29, 1.82) is 0 Å². The first-order chi connectivity index (χ1) is 11.6. The van der Waals surface area contributed by atoms with Gasteiger partial charge >= 0.3 is 0 Å². The average molecular weight is 344 g/mol. The van der Waals surface area contributed by atoms with E-state index in [-0.39, 0.29) is 5.91 Å².